The number of amides is 1. The summed E-state index contributed by atoms with van der Waals surface area (Å²) in [7, 11) is 0. The number of anilines is 1. The maximum absolute atomic E-state index is 12.5. The van der Waals surface area contributed by atoms with E-state index < -0.39 is 0 Å². The molecular weight excluding hydrogens is 272 g/mol. The second kappa shape index (κ2) is 7.77. The Balaban J connectivity index is 2.03. The number of nitrogens with zero attached hydrogens (tertiary/aromatic N) is 1. The molecule has 0 unspecified atom stereocenters. The number of aryl methyl sites for hydroxylation is 2. The highest BCUT2D eigenvalue weighted by atomic mass is 16.2. The third-order valence-corrected chi connectivity index (χ3v) is 4.57. The Morgan fingerprint density at radius 3 is 2.18 bits per heavy atom. The van der Waals surface area contributed by atoms with Crippen molar-refractivity contribution in [3.63, 3.8) is 0 Å². The standard InChI is InChI=1S/C19H30N2O/c1-5-16-8-7-9-17(6-2)19(16)20-18(22)13-21-11-14(3)10-15(4)12-21/h7-9,14-15H,5-6,10-13H2,1-4H3,(H,20,22)/t14-,15+. The number of piperidine rings is 1. The molecule has 0 aliphatic carbocycles. The van der Waals surface area contributed by atoms with E-state index in [1.807, 2.05) is 0 Å². The fourth-order valence-electron chi connectivity index (χ4n) is 3.71. The van der Waals surface area contributed by atoms with Gasteiger partial charge in [0.25, 0.3) is 0 Å². The van der Waals surface area contributed by atoms with Crippen molar-refractivity contribution in [1.29, 1.82) is 0 Å². The molecule has 1 fully saturated rings. The summed E-state index contributed by atoms with van der Waals surface area (Å²) in [5.74, 6) is 1.49. The Morgan fingerprint density at radius 2 is 1.68 bits per heavy atom. The van der Waals surface area contributed by atoms with Crippen LogP contribution in [0, 0.1) is 11.8 Å². The van der Waals surface area contributed by atoms with Crippen LogP contribution >= 0.6 is 0 Å². The molecule has 1 saturated heterocycles. The molecule has 1 amide bonds. The lowest BCUT2D eigenvalue weighted by atomic mass is 9.92. The van der Waals surface area contributed by atoms with Gasteiger partial charge in [-0.2, -0.15) is 0 Å². The molecule has 0 aromatic heterocycles. The molecule has 3 nitrogen and oxygen atoms in total. The molecule has 1 aliphatic heterocycles. The molecule has 0 saturated carbocycles. The average Bonchev–Trinajstić information content (AvgIpc) is 2.46. The van der Waals surface area contributed by atoms with E-state index in [0.717, 1.165) is 31.6 Å². The van der Waals surface area contributed by atoms with Crippen molar-refractivity contribution >= 4 is 11.6 Å². The largest absolute Gasteiger partial charge is 0.324 e. The predicted molar refractivity (Wildman–Crippen MR) is 93.2 cm³/mol. The van der Waals surface area contributed by atoms with Gasteiger partial charge in [0.15, 0.2) is 0 Å². The van der Waals surface area contributed by atoms with Crippen LogP contribution in [0.15, 0.2) is 18.2 Å². The van der Waals surface area contributed by atoms with E-state index in [0.29, 0.717) is 18.4 Å². The van der Waals surface area contributed by atoms with E-state index in [4.69, 9.17) is 0 Å². The number of hydrogen-bond donors (Lipinski definition) is 1. The molecule has 1 aromatic carbocycles. The third-order valence-electron chi connectivity index (χ3n) is 4.57. The van der Waals surface area contributed by atoms with Crippen molar-refractivity contribution in [2.75, 3.05) is 25.0 Å². The van der Waals surface area contributed by atoms with Crippen LogP contribution < -0.4 is 5.32 Å². The van der Waals surface area contributed by atoms with Gasteiger partial charge in [-0.3, -0.25) is 9.69 Å². The molecule has 3 heteroatoms. The number of carbonyl (C=O) groups is 1. The fourth-order valence-corrected chi connectivity index (χ4v) is 3.71. The smallest absolute Gasteiger partial charge is 0.238 e. The summed E-state index contributed by atoms with van der Waals surface area (Å²) in [6.45, 7) is 11.4. The molecule has 0 radical (unpaired) electrons. The van der Waals surface area contributed by atoms with Crippen LogP contribution in [0.5, 0.6) is 0 Å². The van der Waals surface area contributed by atoms with Crippen LogP contribution in [0.2, 0.25) is 0 Å². The van der Waals surface area contributed by atoms with Crippen LogP contribution in [-0.4, -0.2) is 30.4 Å². The zero-order chi connectivity index (χ0) is 16.1. The second-order valence-corrected chi connectivity index (χ2v) is 6.85. The number of nitrogens with one attached hydrogen (secondary N) is 1. The summed E-state index contributed by atoms with van der Waals surface area (Å²) in [4.78, 5) is 14.8. The lowest BCUT2D eigenvalue weighted by Gasteiger charge is -2.34. The minimum atomic E-state index is 0.122. The zero-order valence-electron chi connectivity index (χ0n) is 14.5. The lowest BCUT2D eigenvalue weighted by molar-refractivity contribution is -0.117. The van der Waals surface area contributed by atoms with Gasteiger partial charge in [0.1, 0.15) is 0 Å². The van der Waals surface area contributed by atoms with Crippen molar-refractivity contribution in [3.05, 3.63) is 29.3 Å². The SMILES string of the molecule is CCc1cccc(CC)c1NC(=O)CN1C[C@H](C)C[C@H](C)C1. The second-order valence-electron chi connectivity index (χ2n) is 6.85. The van der Waals surface area contributed by atoms with E-state index in [1.165, 1.54) is 17.5 Å². The maximum atomic E-state index is 12.5. The van der Waals surface area contributed by atoms with Crippen molar-refractivity contribution in [2.24, 2.45) is 11.8 Å². The molecule has 122 valence electrons. The Kier molecular flexibility index (Phi) is 6.01. The minimum Gasteiger partial charge on any atom is -0.324 e. The van der Waals surface area contributed by atoms with Crippen LogP contribution in [-0.2, 0) is 17.6 Å². The summed E-state index contributed by atoms with van der Waals surface area (Å²) in [6.07, 6.45) is 3.17. The fraction of sp³-hybridized carbons (Fsp3) is 0.632. The normalized spacial score (nSPS) is 22.5. The first-order chi connectivity index (χ1) is 10.5. The molecule has 1 aliphatic rings. The van der Waals surface area contributed by atoms with E-state index in [2.05, 4.69) is 56.1 Å². The first-order valence-corrected chi connectivity index (χ1v) is 8.66. The zero-order valence-corrected chi connectivity index (χ0v) is 14.5. The third kappa shape index (κ3) is 4.33. The molecule has 1 aromatic rings. The van der Waals surface area contributed by atoms with E-state index in [9.17, 15) is 4.79 Å². The summed E-state index contributed by atoms with van der Waals surface area (Å²) in [6, 6.07) is 6.31. The Labute approximate surface area is 135 Å². The summed E-state index contributed by atoms with van der Waals surface area (Å²) < 4.78 is 0. The molecule has 0 bridgehead atoms. The highest BCUT2D eigenvalue weighted by Crippen LogP contribution is 2.23. The van der Waals surface area contributed by atoms with Crippen LogP contribution in [0.1, 0.15) is 45.2 Å². The Bertz CT molecular complexity index is 480. The molecule has 0 spiro atoms. The van der Waals surface area contributed by atoms with Crippen molar-refractivity contribution in [3.8, 4) is 0 Å². The van der Waals surface area contributed by atoms with Gasteiger partial charge in [-0.05, 0) is 42.2 Å². The van der Waals surface area contributed by atoms with Gasteiger partial charge in [-0.1, -0.05) is 45.9 Å². The minimum absolute atomic E-state index is 0.122. The van der Waals surface area contributed by atoms with Gasteiger partial charge < -0.3 is 5.32 Å². The Hall–Kier alpha value is -1.35. The number of likely N-dealkylation sites (tertiary alicyclic amines) is 1. The van der Waals surface area contributed by atoms with Crippen molar-refractivity contribution in [2.45, 2.75) is 47.0 Å². The molecular formula is C19H30N2O. The van der Waals surface area contributed by atoms with E-state index in [1.54, 1.807) is 0 Å². The number of hydrogen-bond acceptors (Lipinski definition) is 2. The quantitative estimate of drug-likeness (QED) is 0.899. The average molecular weight is 302 g/mol. The number of carbonyl (C=O) groups excluding carboxylic acids is 1. The molecule has 22 heavy (non-hydrogen) atoms. The monoisotopic (exact) mass is 302 g/mol. The first-order valence-electron chi connectivity index (χ1n) is 8.66. The van der Waals surface area contributed by atoms with Crippen LogP contribution in [0.3, 0.4) is 0 Å². The number of benzene rings is 1. The van der Waals surface area contributed by atoms with Gasteiger partial charge in [0.05, 0.1) is 6.54 Å². The van der Waals surface area contributed by atoms with Crippen LogP contribution in [0.4, 0.5) is 5.69 Å². The molecule has 2 atom stereocenters. The highest BCUT2D eigenvalue weighted by molar-refractivity contribution is 5.93. The summed E-state index contributed by atoms with van der Waals surface area (Å²) >= 11 is 0. The van der Waals surface area contributed by atoms with Gasteiger partial charge in [0.2, 0.25) is 5.91 Å². The first kappa shape index (κ1) is 17.0. The number of rotatable bonds is 5. The van der Waals surface area contributed by atoms with Crippen molar-refractivity contribution < 1.29 is 4.79 Å². The van der Waals surface area contributed by atoms with Gasteiger partial charge in [0, 0.05) is 18.8 Å². The molecule has 2 rings (SSSR count). The van der Waals surface area contributed by atoms with E-state index in [-0.39, 0.29) is 5.91 Å². The topological polar surface area (TPSA) is 32.3 Å². The van der Waals surface area contributed by atoms with Gasteiger partial charge >= 0.3 is 0 Å². The molecule has 1 N–H and O–H groups in total. The van der Waals surface area contributed by atoms with Crippen LogP contribution in [0.25, 0.3) is 0 Å². The Morgan fingerprint density at radius 1 is 1.14 bits per heavy atom. The lowest BCUT2D eigenvalue weighted by Crippen LogP contribution is -2.43. The van der Waals surface area contributed by atoms with E-state index >= 15 is 0 Å². The summed E-state index contributed by atoms with van der Waals surface area (Å²) in [5.41, 5.74) is 3.50. The van der Waals surface area contributed by atoms with Gasteiger partial charge in [-0.25, -0.2) is 0 Å². The predicted octanol–water partition coefficient (Wildman–Crippen LogP) is 3.73. The maximum Gasteiger partial charge on any atom is 0.238 e. The summed E-state index contributed by atoms with van der Waals surface area (Å²) in [5, 5.41) is 3.18. The molecule has 1 heterocycles. The van der Waals surface area contributed by atoms with Gasteiger partial charge in [-0.15, -0.1) is 0 Å². The highest BCUT2D eigenvalue weighted by Gasteiger charge is 2.23. The number of para-hydroxylation sites is 1. The van der Waals surface area contributed by atoms with Crippen molar-refractivity contribution in [1.82, 2.24) is 4.90 Å².